The third-order valence-electron chi connectivity index (χ3n) is 18.2. The second kappa shape index (κ2) is 26.9. The minimum Gasteiger partial charge on any atom is -0.482 e. The molecule has 0 spiro atoms. The third-order valence-corrected chi connectivity index (χ3v) is 19.2. The van der Waals surface area contributed by atoms with Gasteiger partial charge in [-0.2, -0.15) is 5.10 Å². The topological polar surface area (TPSA) is 294 Å². The number of unbranched alkanes of at least 4 members (excludes halogenated alkanes) is 2. The van der Waals surface area contributed by atoms with Gasteiger partial charge in [-0.15, -0.1) is 0 Å². The Morgan fingerprint density at radius 1 is 0.815 bits per heavy atom. The van der Waals surface area contributed by atoms with E-state index in [-0.39, 0.29) is 78.1 Å². The molecule has 2 unspecified atom stereocenters. The molecule has 0 radical (unpaired) electrons. The molecule has 6 aromatic rings. The number of imide groups is 1. The summed E-state index contributed by atoms with van der Waals surface area (Å²) in [6, 6.07) is 21.6. The van der Waals surface area contributed by atoms with Crippen LogP contribution >= 0.6 is 11.3 Å². The van der Waals surface area contributed by atoms with Crippen molar-refractivity contribution in [3.8, 4) is 16.9 Å². The Labute approximate surface area is 536 Å². The van der Waals surface area contributed by atoms with Crippen LogP contribution in [0.3, 0.4) is 0 Å². The Balaban J connectivity index is 0.668. The van der Waals surface area contributed by atoms with Crippen molar-refractivity contribution in [2.75, 3.05) is 68.6 Å². The Bertz CT molecular complexity index is 3880. The number of para-hydroxylation sites is 1. The number of carbonyl (C=O) groups is 8. The maximum absolute atomic E-state index is 14.0. The molecule has 6 aliphatic rings. The number of nitrogens with zero attached hydrogens (tertiary/aromatic N) is 7. The predicted molar refractivity (Wildman–Crippen MR) is 344 cm³/mol. The predicted octanol–water partition coefficient (Wildman–Crippen LogP) is 9.69. The number of carboxylic acids is 2. The van der Waals surface area contributed by atoms with Crippen molar-refractivity contribution in [2.24, 2.45) is 16.2 Å². The Hall–Kier alpha value is -9.29. The molecule has 2 atom stereocenters. The van der Waals surface area contributed by atoms with E-state index >= 15 is 0 Å². The van der Waals surface area contributed by atoms with E-state index in [1.54, 1.807) is 67.9 Å². The smallest absolute Gasteiger partial charge is 0.409 e. The lowest BCUT2D eigenvalue weighted by Crippen LogP contribution is -2.64. The van der Waals surface area contributed by atoms with Crippen molar-refractivity contribution in [1.82, 2.24) is 34.9 Å². The van der Waals surface area contributed by atoms with E-state index in [4.69, 9.17) is 24.3 Å². The first-order valence-corrected chi connectivity index (χ1v) is 31.9. The number of ether oxygens (including phenoxy) is 3. The second-order valence-corrected chi connectivity index (χ2v) is 26.9. The standard InChI is InChI=1S/C68H76N10O13S/c1-43-49(47-19-21-54(73-60(47)62(86)87)76-28-25-46-50(34-76)48(18-20-52(46)90-35-59(83)84)61(85)74-63-72-51-15-7-8-16-53(51)92-63)33-70-78(43)42-67-37-65(2)36-66(3,38-67)40-68(39-65,41-67)91-31-29-75(4)64(88)89-30-11-13-44-12-10-14-45(32-44)71-56(80)24-26-69-55(79)17-6-5-9-27-77-57(81)22-23-58(77)82/h7-8,10-16,18-23,32-33H,5-6,9,17,24-31,34-42H2,1-4H3,(H,69,79)(H,71,80)(H,83,84)(H,86,87)(H,72,74,85)/b13-11+. The van der Waals surface area contributed by atoms with Crippen LogP contribution in [-0.4, -0.2) is 146 Å². The molecule has 4 saturated carbocycles. The Morgan fingerprint density at radius 3 is 2.36 bits per heavy atom. The molecule has 4 aliphatic carbocycles. The number of likely N-dealkylation sites (N-methyl/N-ethyl adjacent to an activating group) is 1. The number of amides is 6. The number of aromatic nitrogens is 4. The average Bonchev–Trinajstić information content (AvgIpc) is 0.862. The number of fused-ring (bicyclic) bond motifs is 2. The van der Waals surface area contributed by atoms with Gasteiger partial charge in [0.05, 0.1) is 28.6 Å². The minimum atomic E-state index is -1.21. The highest BCUT2D eigenvalue weighted by Gasteiger charge is 2.66. The van der Waals surface area contributed by atoms with Crippen LogP contribution in [0.25, 0.3) is 27.4 Å². The molecule has 2 aliphatic heterocycles. The lowest BCUT2D eigenvalue weighted by atomic mass is 9.39. The van der Waals surface area contributed by atoms with Crippen LogP contribution in [-0.2, 0) is 53.0 Å². The van der Waals surface area contributed by atoms with Gasteiger partial charge in [0.1, 0.15) is 18.2 Å². The molecule has 6 amide bonds. The molecule has 3 aromatic carbocycles. The fourth-order valence-electron chi connectivity index (χ4n) is 15.4. The zero-order valence-electron chi connectivity index (χ0n) is 52.1. The highest BCUT2D eigenvalue weighted by atomic mass is 32.1. The van der Waals surface area contributed by atoms with Gasteiger partial charge in [0.15, 0.2) is 17.4 Å². The first kappa shape index (κ1) is 64.2. The fourth-order valence-corrected chi connectivity index (χ4v) is 16.3. The van der Waals surface area contributed by atoms with Crippen LogP contribution in [0.4, 0.5) is 21.4 Å². The van der Waals surface area contributed by atoms with E-state index in [2.05, 4.69) is 34.8 Å². The first-order chi connectivity index (χ1) is 44.1. The first-order valence-electron chi connectivity index (χ1n) is 31.1. The number of benzene rings is 3. The maximum Gasteiger partial charge on any atom is 0.409 e. The Morgan fingerprint density at radius 2 is 1.60 bits per heavy atom. The zero-order chi connectivity index (χ0) is 65.0. The van der Waals surface area contributed by atoms with E-state index in [0.717, 1.165) is 60.0 Å². The number of hydrogen-bond acceptors (Lipinski definition) is 16. The van der Waals surface area contributed by atoms with Crippen molar-refractivity contribution < 1.29 is 62.8 Å². The highest BCUT2D eigenvalue weighted by Crippen LogP contribution is 2.72. The van der Waals surface area contributed by atoms with E-state index in [1.165, 1.54) is 33.3 Å². The summed E-state index contributed by atoms with van der Waals surface area (Å²) in [5.74, 6) is -3.07. The van der Waals surface area contributed by atoms with Gasteiger partial charge in [-0.3, -0.25) is 38.9 Å². The molecule has 4 bridgehead atoms. The van der Waals surface area contributed by atoms with Crippen LogP contribution in [0.2, 0.25) is 0 Å². The molecule has 24 heteroatoms. The SMILES string of the molecule is Cc1c(-c2ccc(N3CCc4c(OCC(=O)O)ccc(C(=O)Nc5nc6ccccc6s5)c4C3)nc2C(=O)O)cnn1CC12CC3(C)CC(C)(C1)CC(OCCN(C)C(=O)OC/C=C/c1cccc(NC(=O)CCNC(=O)CCCCCN4C(=O)C=CC4=O)c1)(C3)C2. The molecule has 5 N–H and O–H groups in total. The molecular formula is C68H76N10O13S. The summed E-state index contributed by atoms with van der Waals surface area (Å²) in [4.78, 5) is 114. The van der Waals surface area contributed by atoms with Crippen molar-refractivity contribution in [1.29, 1.82) is 0 Å². The molecule has 12 rings (SSSR count). The summed E-state index contributed by atoms with van der Waals surface area (Å²) >= 11 is 1.35. The lowest BCUT2D eigenvalue weighted by molar-refractivity contribution is -0.248. The summed E-state index contributed by atoms with van der Waals surface area (Å²) in [7, 11) is 1.69. The molecule has 3 aromatic heterocycles. The number of pyridine rings is 1. The number of anilines is 3. The molecule has 23 nitrogen and oxygen atoms in total. The normalized spacial score (nSPS) is 21.2. The van der Waals surface area contributed by atoms with E-state index in [9.17, 15) is 48.6 Å². The van der Waals surface area contributed by atoms with E-state index < -0.39 is 36.1 Å². The quantitative estimate of drug-likeness (QED) is 0.0237. The molecule has 5 heterocycles. The largest absolute Gasteiger partial charge is 0.482 e. The summed E-state index contributed by atoms with van der Waals surface area (Å²) < 4.78 is 21.2. The van der Waals surface area contributed by atoms with Crippen LogP contribution in [0, 0.1) is 23.2 Å². The van der Waals surface area contributed by atoms with Gasteiger partial charge in [0, 0.05) is 105 Å². The van der Waals surface area contributed by atoms with Crippen LogP contribution in [0.15, 0.2) is 97.2 Å². The van der Waals surface area contributed by atoms with Gasteiger partial charge >= 0.3 is 18.0 Å². The Kier molecular flexibility index (Phi) is 18.8. The summed E-state index contributed by atoms with van der Waals surface area (Å²) in [6.45, 7) is 8.45. The second-order valence-electron chi connectivity index (χ2n) is 25.9. The average molecular weight is 1270 g/mol. The number of carbonyl (C=O) groups excluding carboxylic acids is 6. The zero-order valence-corrected chi connectivity index (χ0v) is 52.9. The summed E-state index contributed by atoms with van der Waals surface area (Å²) in [5, 5.41) is 34.1. The lowest BCUT2D eigenvalue weighted by Gasteiger charge is -2.69. The van der Waals surface area contributed by atoms with E-state index in [1.807, 2.05) is 46.8 Å². The highest BCUT2D eigenvalue weighted by molar-refractivity contribution is 7.22. The van der Waals surface area contributed by atoms with Gasteiger partial charge in [-0.05, 0) is 147 Å². The number of hydrogen-bond donors (Lipinski definition) is 5. The molecule has 482 valence electrons. The van der Waals surface area contributed by atoms with Gasteiger partial charge in [0.25, 0.3) is 17.7 Å². The fraction of sp³-hybridized carbons (Fsp3) is 0.426. The summed E-state index contributed by atoms with van der Waals surface area (Å²) in [5.41, 5.74) is 4.94. The van der Waals surface area contributed by atoms with Crippen LogP contribution < -0.4 is 25.6 Å². The number of rotatable bonds is 27. The van der Waals surface area contributed by atoms with Crippen LogP contribution in [0.5, 0.6) is 5.75 Å². The van der Waals surface area contributed by atoms with Gasteiger partial charge in [-0.25, -0.2) is 24.4 Å². The molecule has 92 heavy (non-hydrogen) atoms. The number of carboxylic acid groups (broad SMARTS) is 2. The van der Waals surface area contributed by atoms with Crippen molar-refractivity contribution >= 4 is 91.8 Å². The van der Waals surface area contributed by atoms with Crippen LogP contribution in [0.1, 0.15) is 128 Å². The minimum absolute atomic E-state index is 0.0122. The monoisotopic (exact) mass is 1270 g/mol. The van der Waals surface area contributed by atoms with Gasteiger partial charge in [-0.1, -0.05) is 61.9 Å². The van der Waals surface area contributed by atoms with Crippen molar-refractivity contribution in [3.05, 3.63) is 131 Å². The maximum atomic E-state index is 14.0. The molecule has 0 saturated heterocycles. The third kappa shape index (κ3) is 14.7. The molecular weight excluding hydrogens is 1200 g/mol. The number of nitrogens with one attached hydrogen (secondary N) is 3. The van der Waals surface area contributed by atoms with Crippen molar-refractivity contribution in [3.63, 3.8) is 0 Å². The number of aromatic carboxylic acids is 1. The molecule has 4 fully saturated rings. The van der Waals surface area contributed by atoms with Gasteiger partial charge in [0.2, 0.25) is 11.8 Å². The van der Waals surface area contributed by atoms with Crippen molar-refractivity contribution in [2.45, 2.75) is 117 Å². The summed E-state index contributed by atoms with van der Waals surface area (Å²) in [6.07, 6.45) is 15.5. The number of aliphatic carboxylic acids is 1. The van der Waals surface area contributed by atoms with Gasteiger partial charge < -0.3 is 44.9 Å². The number of thiazole rings is 1. The van der Waals surface area contributed by atoms with E-state index in [0.29, 0.717) is 109 Å².